The van der Waals surface area contributed by atoms with Gasteiger partial charge in [0.15, 0.2) is 0 Å². The molecule has 2 atom stereocenters. The van der Waals surface area contributed by atoms with E-state index in [-0.39, 0.29) is 5.41 Å². The quantitative estimate of drug-likeness (QED) is 0.632. The number of thioether (sulfide) groups is 2. The molecule has 0 N–H and O–H groups in total. The predicted octanol–water partition coefficient (Wildman–Crippen LogP) is 5.94. The summed E-state index contributed by atoms with van der Waals surface area (Å²) in [6.07, 6.45) is 0. The standard InChI is InChI=1S/C21H24S2/c1-19(2,15-5-9-17(10-6-15)20(3)13-22-20)16-7-11-18(12-8-16)21(4)14-23-21/h5-12H,13-14H2,1-4H3. The Balaban J connectivity index is 1.61. The lowest BCUT2D eigenvalue weighted by atomic mass is 9.77. The zero-order valence-corrected chi connectivity index (χ0v) is 16.0. The van der Waals surface area contributed by atoms with Crippen LogP contribution in [0.1, 0.15) is 49.9 Å². The van der Waals surface area contributed by atoms with Crippen LogP contribution in [-0.4, -0.2) is 11.5 Å². The van der Waals surface area contributed by atoms with Gasteiger partial charge < -0.3 is 0 Å². The first-order chi connectivity index (χ1) is 10.8. The first-order valence-electron chi connectivity index (χ1n) is 8.34. The highest BCUT2D eigenvalue weighted by molar-refractivity contribution is 8.07. The van der Waals surface area contributed by atoms with Crippen molar-refractivity contribution in [3.63, 3.8) is 0 Å². The van der Waals surface area contributed by atoms with Crippen LogP contribution in [0, 0.1) is 0 Å². The molecule has 0 aromatic heterocycles. The van der Waals surface area contributed by atoms with Crippen molar-refractivity contribution in [2.24, 2.45) is 0 Å². The van der Waals surface area contributed by atoms with Gasteiger partial charge in [-0.05, 0) is 36.1 Å². The van der Waals surface area contributed by atoms with Crippen LogP contribution in [0.3, 0.4) is 0 Å². The summed E-state index contributed by atoms with van der Waals surface area (Å²) >= 11 is 4.08. The molecule has 23 heavy (non-hydrogen) atoms. The van der Waals surface area contributed by atoms with Gasteiger partial charge in [-0.25, -0.2) is 0 Å². The smallest absolute Gasteiger partial charge is 0.0471 e. The summed E-state index contributed by atoms with van der Waals surface area (Å²) in [5.74, 6) is 2.52. The molecule has 2 aliphatic heterocycles. The zero-order chi connectivity index (χ0) is 16.3. The van der Waals surface area contributed by atoms with Crippen LogP contribution in [0.25, 0.3) is 0 Å². The molecule has 0 saturated carbocycles. The second-order valence-corrected chi connectivity index (χ2v) is 10.8. The van der Waals surface area contributed by atoms with Gasteiger partial charge in [-0.2, -0.15) is 0 Å². The maximum Gasteiger partial charge on any atom is 0.0471 e. The molecule has 2 aromatic rings. The van der Waals surface area contributed by atoms with E-state index in [0.29, 0.717) is 9.49 Å². The summed E-state index contributed by atoms with van der Waals surface area (Å²) in [7, 11) is 0. The zero-order valence-electron chi connectivity index (χ0n) is 14.3. The van der Waals surface area contributed by atoms with Crippen LogP contribution in [0.2, 0.25) is 0 Å². The fourth-order valence-corrected chi connectivity index (χ4v) is 4.57. The van der Waals surface area contributed by atoms with Gasteiger partial charge in [0.25, 0.3) is 0 Å². The first kappa shape index (κ1) is 15.7. The molecule has 2 heterocycles. The second kappa shape index (κ2) is 5.07. The largest absolute Gasteiger partial charge is 0.148 e. The molecule has 0 bridgehead atoms. The molecule has 0 radical (unpaired) electrons. The molecule has 2 aliphatic rings. The molecule has 120 valence electrons. The van der Waals surface area contributed by atoms with Gasteiger partial charge in [0, 0.05) is 26.4 Å². The predicted molar refractivity (Wildman–Crippen MR) is 105 cm³/mol. The summed E-state index contributed by atoms with van der Waals surface area (Å²) in [4.78, 5) is 0. The Hall–Kier alpha value is -0.860. The Kier molecular flexibility index (Phi) is 3.45. The average molecular weight is 341 g/mol. The van der Waals surface area contributed by atoms with Crippen molar-refractivity contribution in [1.82, 2.24) is 0 Å². The van der Waals surface area contributed by atoms with E-state index in [4.69, 9.17) is 0 Å². The summed E-state index contributed by atoms with van der Waals surface area (Å²) < 4.78 is 0.753. The van der Waals surface area contributed by atoms with E-state index < -0.39 is 0 Å². The molecule has 2 saturated heterocycles. The van der Waals surface area contributed by atoms with E-state index in [1.165, 1.54) is 33.8 Å². The van der Waals surface area contributed by atoms with Crippen molar-refractivity contribution in [2.45, 2.75) is 42.6 Å². The fraction of sp³-hybridized carbons (Fsp3) is 0.429. The molecule has 0 amide bonds. The lowest BCUT2D eigenvalue weighted by Gasteiger charge is -2.27. The van der Waals surface area contributed by atoms with Crippen LogP contribution in [-0.2, 0) is 14.9 Å². The Morgan fingerprint density at radius 1 is 0.696 bits per heavy atom. The van der Waals surface area contributed by atoms with Gasteiger partial charge in [0.1, 0.15) is 0 Å². The molecule has 4 rings (SSSR count). The third kappa shape index (κ3) is 2.74. The van der Waals surface area contributed by atoms with Crippen LogP contribution in [0.5, 0.6) is 0 Å². The van der Waals surface area contributed by atoms with E-state index in [1.807, 2.05) is 23.5 Å². The van der Waals surface area contributed by atoms with Crippen LogP contribution < -0.4 is 0 Å². The lowest BCUT2D eigenvalue weighted by molar-refractivity contribution is 0.639. The second-order valence-electron chi connectivity index (χ2n) is 7.82. The average Bonchev–Trinajstić information content (AvgIpc) is 3.48. The first-order valence-corrected chi connectivity index (χ1v) is 10.3. The lowest BCUT2D eigenvalue weighted by Crippen LogP contribution is -2.19. The SMILES string of the molecule is CC1(c2ccc(C(C)(C)c3ccc(C4(C)CS4)cc3)cc2)CS1. The molecule has 2 unspecified atom stereocenters. The van der Waals surface area contributed by atoms with Gasteiger partial charge >= 0.3 is 0 Å². The van der Waals surface area contributed by atoms with Crippen molar-refractivity contribution in [3.8, 4) is 0 Å². The fourth-order valence-electron chi connectivity index (χ4n) is 3.20. The van der Waals surface area contributed by atoms with Crippen LogP contribution >= 0.6 is 23.5 Å². The van der Waals surface area contributed by atoms with Crippen molar-refractivity contribution >= 4 is 23.5 Å². The summed E-state index contributed by atoms with van der Waals surface area (Å²) in [6.45, 7) is 9.34. The van der Waals surface area contributed by atoms with Crippen LogP contribution in [0.4, 0.5) is 0 Å². The van der Waals surface area contributed by atoms with E-state index in [1.54, 1.807) is 0 Å². The van der Waals surface area contributed by atoms with Crippen molar-refractivity contribution in [1.29, 1.82) is 0 Å². The Bertz CT molecular complexity index is 654. The van der Waals surface area contributed by atoms with E-state index in [0.717, 1.165) is 0 Å². The van der Waals surface area contributed by atoms with Gasteiger partial charge in [0.05, 0.1) is 0 Å². The topological polar surface area (TPSA) is 0 Å². The maximum absolute atomic E-state index is 2.34. The molecule has 2 aromatic carbocycles. The van der Waals surface area contributed by atoms with Gasteiger partial charge in [-0.15, -0.1) is 23.5 Å². The number of hydrogen-bond donors (Lipinski definition) is 0. The summed E-state index contributed by atoms with van der Waals surface area (Å²) in [5, 5.41) is 0. The molecular formula is C21H24S2. The number of benzene rings is 2. The van der Waals surface area contributed by atoms with Gasteiger partial charge in [-0.1, -0.05) is 62.4 Å². The minimum absolute atomic E-state index is 0.0479. The normalized spacial score (nSPS) is 29.4. The van der Waals surface area contributed by atoms with E-state index in [9.17, 15) is 0 Å². The Labute approximate surface area is 148 Å². The van der Waals surface area contributed by atoms with E-state index in [2.05, 4.69) is 76.2 Å². The number of rotatable bonds is 4. The highest BCUT2D eigenvalue weighted by Crippen LogP contribution is 2.54. The summed E-state index contributed by atoms with van der Waals surface area (Å²) in [5.41, 5.74) is 5.78. The molecule has 0 aliphatic carbocycles. The van der Waals surface area contributed by atoms with Crippen molar-refractivity contribution in [3.05, 3.63) is 70.8 Å². The highest BCUT2D eigenvalue weighted by atomic mass is 32.2. The van der Waals surface area contributed by atoms with Gasteiger partial charge in [0.2, 0.25) is 0 Å². The third-order valence-electron chi connectivity index (χ3n) is 5.59. The minimum Gasteiger partial charge on any atom is -0.148 e. The molecular weight excluding hydrogens is 316 g/mol. The molecule has 0 spiro atoms. The highest BCUT2D eigenvalue weighted by Gasteiger charge is 2.41. The Morgan fingerprint density at radius 2 is 1.00 bits per heavy atom. The van der Waals surface area contributed by atoms with Crippen LogP contribution in [0.15, 0.2) is 48.5 Å². The summed E-state index contributed by atoms with van der Waals surface area (Å²) in [6, 6.07) is 18.6. The van der Waals surface area contributed by atoms with Crippen molar-refractivity contribution in [2.75, 3.05) is 11.5 Å². The van der Waals surface area contributed by atoms with E-state index >= 15 is 0 Å². The molecule has 2 fully saturated rings. The monoisotopic (exact) mass is 340 g/mol. The van der Waals surface area contributed by atoms with Gasteiger partial charge in [-0.3, -0.25) is 0 Å². The van der Waals surface area contributed by atoms with Crippen molar-refractivity contribution < 1.29 is 0 Å². The Morgan fingerprint density at radius 3 is 1.26 bits per heavy atom. The maximum atomic E-state index is 2.34. The number of hydrogen-bond acceptors (Lipinski definition) is 2. The third-order valence-corrected chi connectivity index (χ3v) is 8.37. The molecule has 2 heteroatoms. The minimum atomic E-state index is 0.0479. The molecule has 0 nitrogen and oxygen atoms in total.